The average molecular weight is 490 g/mol. The van der Waals surface area contributed by atoms with Crippen LogP contribution < -0.4 is 20.2 Å². The number of halogens is 1. The van der Waals surface area contributed by atoms with Gasteiger partial charge in [-0.2, -0.15) is 5.10 Å². The van der Waals surface area contributed by atoms with Gasteiger partial charge in [0.05, 0.1) is 23.9 Å². The first-order valence-electron chi connectivity index (χ1n) is 9.96. The summed E-state index contributed by atoms with van der Waals surface area (Å²) < 4.78 is 11.9. The van der Waals surface area contributed by atoms with Crippen molar-refractivity contribution in [1.82, 2.24) is 10.7 Å². The highest BCUT2D eigenvalue weighted by molar-refractivity contribution is 9.10. The Kier molecular flexibility index (Phi) is 9.05. The van der Waals surface area contributed by atoms with E-state index in [1.54, 1.807) is 37.4 Å². The topological polar surface area (TPSA) is 89.0 Å². The van der Waals surface area contributed by atoms with Gasteiger partial charge in [0.15, 0.2) is 11.5 Å². The third-order valence-corrected chi connectivity index (χ3v) is 4.85. The molecule has 0 bridgehead atoms. The van der Waals surface area contributed by atoms with E-state index in [0.717, 1.165) is 0 Å². The minimum Gasteiger partial charge on any atom is -0.493 e. The molecule has 7 nitrogen and oxygen atoms in total. The Morgan fingerprint density at radius 1 is 1.10 bits per heavy atom. The molecule has 0 aliphatic rings. The number of nitrogens with zero attached hydrogens (tertiary/aromatic N) is 1. The van der Waals surface area contributed by atoms with Crippen molar-refractivity contribution in [3.05, 3.63) is 58.1 Å². The Morgan fingerprint density at radius 2 is 1.77 bits per heavy atom. The summed E-state index contributed by atoms with van der Waals surface area (Å²) in [7, 11) is 1.56. The number of ether oxygens (including phenoxy) is 2. The summed E-state index contributed by atoms with van der Waals surface area (Å²) in [5, 5.41) is 6.80. The van der Waals surface area contributed by atoms with Crippen LogP contribution in [0.15, 0.2) is 52.0 Å². The lowest BCUT2D eigenvalue weighted by molar-refractivity contribution is -0.123. The molecule has 8 heteroatoms. The van der Waals surface area contributed by atoms with Gasteiger partial charge in [-0.15, -0.1) is 0 Å². The van der Waals surface area contributed by atoms with Crippen LogP contribution in [0.25, 0.3) is 0 Å². The zero-order chi connectivity index (χ0) is 23.0. The van der Waals surface area contributed by atoms with Crippen molar-refractivity contribution in [2.75, 3.05) is 7.11 Å². The number of rotatable bonds is 9. The highest BCUT2D eigenvalue weighted by Crippen LogP contribution is 2.36. The van der Waals surface area contributed by atoms with Crippen LogP contribution in [-0.2, 0) is 4.79 Å². The molecule has 2 aromatic rings. The molecule has 1 atom stereocenters. The van der Waals surface area contributed by atoms with Crippen molar-refractivity contribution in [3.63, 3.8) is 0 Å². The molecular formula is C23H28BrN3O4. The van der Waals surface area contributed by atoms with E-state index < -0.39 is 11.9 Å². The first-order valence-corrected chi connectivity index (χ1v) is 10.7. The van der Waals surface area contributed by atoms with Crippen molar-refractivity contribution in [2.45, 2.75) is 39.8 Å². The number of hydrogen-bond donors (Lipinski definition) is 2. The summed E-state index contributed by atoms with van der Waals surface area (Å²) in [4.78, 5) is 25.0. The van der Waals surface area contributed by atoms with Gasteiger partial charge in [0.1, 0.15) is 6.04 Å². The van der Waals surface area contributed by atoms with Crippen LogP contribution in [0.3, 0.4) is 0 Å². The Balaban J connectivity index is 2.08. The zero-order valence-corrected chi connectivity index (χ0v) is 19.9. The predicted octanol–water partition coefficient (Wildman–Crippen LogP) is 4.15. The Bertz CT molecular complexity index is 930. The Hall–Kier alpha value is -2.87. The Morgan fingerprint density at radius 3 is 2.35 bits per heavy atom. The van der Waals surface area contributed by atoms with Crippen molar-refractivity contribution in [2.24, 2.45) is 11.0 Å². The second-order valence-corrected chi connectivity index (χ2v) is 8.35. The number of carbonyl (C=O) groups is 2. The fraction of sp³-hybridized carbons (Fsp3) is 0.348. The van der Waals surface area contributed by atoms with Crippen molar-refractivity contribution in [3.8, 4) is 11.5 Å². The second-order valence-electron chi connectivity index (χ2n) is 7.50. The number of carbonyl (C=O) groups excluding carboxylic acids is 2. The maximum Gasteiger partial charge on any atom is 0.262 e. The quantitative estimate of drug-likeness (QED) is 0.408. The van der Waals surface area contributed by atoms with Gasteiger partial charge >= 0.3 is 0 Å². The van der Waals surface area contributed by atoms with Crippen LogP contribution in [0, 0.1) is 5.92 Å². The van der Waals surface area contributed by atoms with Gasteiger partial charge in [-0.1, -0.05) is 32.0 Å². The second kappa shape index (κ2) is 11.5. The lowest BCUT2D eigenvalue weighted by Gasteiger charge is -2.20. The molecule has 0 fully saturated rings. The predicted molar refractivity (Wildman–Crippen MR) is 125 cm³/mol. The van der Waals surface area contributed by atoms with E-state index in [9.17, 15) is 9.59 Å². The summed E-state index contributed by atoms with van der Waals surface area (Å²) >= 11 is 3.48. The number of nitrogens with one attached hydrogen (secondary N) is 2. The van der Waals surface area contributed by atoms with E-state index in [1.807, 2.05) is 39.8 Å². The molecule has 0 saturated carbocycles. The molecule has 2 N–H and O–H groups in total. The summed E-state index contributed by atoms with van der Waals surface area (Å²) in [5.41, 5.74) is 3.70. The van der Waals surface area contributed by atoms with E-state index in [2.05, 4.69) is 31.8 Å². The fourth-order valence-corrected chi connectivity index (χ4v) is 3.31. The van der Waals surface area contributed by atoms with Crippen LogP contribution >= 0.6 is 15.9 Å². The van der Waals surface area contributed by atoms with E-state index in [-0.39, 0.29) is 17.9 Å². The van der Waals surface area contributed by atoms with E-state index in [0.29, 0.717) is 27.1 Å². The lowest BCUT2D eigenvalue weighted by Crippen LogP contribution is -2.48. The lowest BCUT2D eigenvalue weighted by atomic mass is 10.0. The van der Waals surface area contributed by atoms with Crippen LogP contribution in [-0.4, -0.2) is 37.3 Å². The number of hydrazone groups is 1. The third-order valence-electron chi connectivity index (χ3n) is 4.27. The summed E-state index contributed by atoms with van der Waals surface area (Å²) in [6.45, 7) is 7.57. The largest absolute Gasteiger partial charge is 0.493 e. The zero-order valence-electron chi connectivity index (χ0n) is 18.3. The Labute approximate surface area is 191 Å². The fourth-order valence-electron chi connectivity index (χ4n) is 2.75. The van der Waals surface area contributed by atoms with Crippen LogP contribution in [0.4, 0.5) is 0 Å². The SMILES string of the molecule is COc1cc(/C=N/NC(=O)C(NC(=O)c2ccccc2)C(C)C)cc(Br)c1OC(C)C. The molecule has 0 aromatic heterocycles. The molecule has 0 heterocycles. The maximum atomic E-state index is 12.6. The van der Waals surface area contributed by atoms with Crippen molar-refractivity contribution >= 4 is 34.0 Å². The van der Waals surface area contributed by atoms with E-state index in [1.165, 1.54) is 6.21 Å². The molecule has 0 aliphatic carbocycles. The molecule has 0 saturated heterocycles. The van der Waals surface area contributed by atoms with Gasteiger partial charge in [-0.05, 0) is 65.5 Å². The molecule has 2 amide bonds. The maximum absolute atomic E-state index is 12.6. The van der Waals surface area contributed by atoms with Crippen LogP contribution in [0.2, 0.25) is 0 Å². The molecule has 2 rings (SSSR count). The van der Waals surface area contributed by atoms with E-state index >= 15 is 0 Å². The number of hydrogen-bond acceptors (Lipinski definition) is 5. The highest BCUT2D eigenvalue weighted by atomic mass is 79.9. The first kappa shape index (κ1) is 24.4. The monoisotopic (exact) mass is 489 g/mol. The minimum atomic E-state index is -0.729. The van der Waals surface area contributed by atoms with Crippen LogP contribution in [0.5, 0.6) is 11.5 Å². The molecule has 0 spiro atoms. The van der Waals surface area contributed by atoms with Gasteiger partial charge in [-0.3, -0.25) is 9.59 Å². The van der Waals surface area contributed by atoms with Gasteiger partial charge in [-0.25, -0.2) is 5.43 Å². The summed E-state index contributed by atoms with van der Waals surface area (Å²) in [5.74, 6) is 0.312. The molecule has 0 radical (unpaired) electrons. The molecular weight excluding hydrogens is 462 g/mol. The molecule has 2 aromatic carbocycles. The van der Waals surface area contributed by atoms with Gasteiger partial charge in [0, 0.05) is 5.56 Å². The molecule has 166 valence electrons. The molecule has 31 heavy (non-hydrogen) atoms. The normalized spacial score (nSPS) is 12.1. The van der Waals surface area contributed by atoms with Crippen molar-refractivity contribution < 1.29 is 19.1 Å². The smallest absolute Gasteiger partial charge is 0.262 e. The van der Waals surface area contributed by atoms with Gasteiger partial charge < -0.3 is 14.8 Å². The summed E-state index contributed by atoms with van der Waals surface area (Å²) in [6, 6.07) is 11.6. The molecule has 0 aliphatic heterocycles. The summed E-state index contributed by atoms with van der Waals surface area (Å²) in [6.07, 6.45) is 1.49. The number of amides is 2. The third kappa shape index (κ3) is 7.10. The van der Waals surface area contributed by atoms with Crippen molar-refractivity contribution in [1.29, 1.82) is 0 Å². The number of benzene rings is 2. The minimum absolute atomic E-state index is 0.0110. The van der Waals surface area contributed by atoms with Gasteiger partial charge in [0.25, 0.3) is 11.8 Å². The average Bonchev–Trinajstić information content (AvgIpc) is 2.73. The van der Waals surface area contributed by atoms with E-state index in [4.69, 9.17) is 9.47 Å². The highest BCUT2D eigenvalue weighted by Gasteiger charge is 2.24. The number of methoxy groups -OCH3 is 1. The first-order chi connectivity index (χ1) is 14.7. The van der Waals surface area contributed by atoms with Gasteiger partial charge in [0.2, 0.25) is 0 Å². The standard InChI is InChI=1S/C23H28BrN3O4/c1-14(2)20(26-22(28)17-9-7-6-8-10-17)23(29)27-25-13-16-11-18(24)21(31-15(3)4)19(12-16)30-5/h6-15,20H,1-5H3,(H,26,28)(H,27,29)/b25-13+. The van der Waals surface area contributed by atoms with Crippen LogP contribution in [0.1, 0.15) is 43.6 Å². The molecule has 1 unspecified atom stereocenters.